The Morgan fingerprint density at radius 2 is 2.16 bits per heavy atom. The van der Waals surface area contributed by atoms with E-state index >= 15 is 0 Å². The number of amides is 1. The number of carbonyl (C=O) groups is 1. The zero-order valence-corrected chi connectivity index (χ0v) is 9.23. The van der Waals surface area contributed by atoms with Crippen molar-refractivity contribution in [1.82, 2.24) is 15.2 Å². The van der Waals surface area contributed by atoms with Gasteiger partial charge in [0.15, 0.2) is 0 Å². The number of aromatic amines is 1. The minimum Gasteiger partial charge on any atom is -0.364 e. The van der Waals surface area contributed by atoms with Crippen LogP contribution in [-0.2, 0) is 0 Å². The van der Waals surface area contributed by atoms with Crippen molar-refractivity contribution >= 4 is 11.6 Å². The molecule has 0 unspecified atom stereocenters. The zero-order chi connectivity index (χ0) is 14.2. The Balaban J connectivity index is 2.36. The molecule has 1 atom stereocenters. The minimum absolute atomic E-state index is 0.0350. The van der Waals surface area contributed by atoms with Gasteiger partial charge in [-0.05, 0) is 6.07 Å². The first-order valence-electron chi connectivity index (χ1n) is 5.06. The van der Waals surface area contributed by atoms with Crippen molar-refractivity contribution in [1.29, 1.82) is 0 Å². The highest BCUT2D eigenvalue weighted by molar-refractivity contribution is 5.97. The molecule has 0 spiro atoms. The summed E-state index contributed by atoms with van der Waals surface area (Å²) in [7, 11) is 0. The van der Waals surface area contributed by atoms with E-state index < -0.39 is 36.6 Å². The Bertz CT molecular complexity index is 504. The number of rotatable bonds is 3. The van der Waals surface area contributed by atoms with Crippen LogP contribution in [0.3, 0.4) is 0 Å². The quantitative estimate of drug-likeness (QED) is 0.805. The Kier molecular flexibility index (Phi) is 3.27. The van der Waals surface area contributed by atoms with E-state index in [1.54, 1.807) is 0 Å². The van der Waals surface area contributed by atoms with Gasteiger partial charge in [0.1, 0.15) is 11.4 Å². The molecule has 0 radical (unpaired) electrons. The molecular weight excluding hydrogens is 272 g/mol. The van der Waals surface area contributed by atoms with Gasteiger partial charge in [-0.25, -0.2) is 17.6 Å². The second kappa shape index (κ2) is 4.61. The summed E-state index contributed by atoms with van der Waals surface area (Å²) in [5.74, 6) is -1.17. The predicted octanol–water partition coefficient (Wildman–Crippen LogP) is 0.830. The monoisotopic (exact) mass is 280 g/mol. The van der Waals surface area contributed by atoms with Gasteiger partial charge in [-0.1, -0.05) is 0 Å². The van der Waals surface area contributed by atoms with Crippen molar-refractivity contribution in [3.05, 3.63) is 18.0 Å². The molecule has 1 amide bonds. The van der Waals surface area contributed by atoms with Crippen LogP contribution >= 0.6 is 0 Å². The summed E-state index contributed by atoms with van der Waals surface area (Å²) in [6, 6.07) is 1.14. The smallest absolute Gasteiger partial charge is 0.294 e. The van der Waals surface area contributed by atoms with Crippen LogP contribution in [-0.4, -0.2) is 50.5 Å². The molecule has 2 N–H and O–H groups in total. The summed E-state index contributed by atoms with van der Waals surface area (Å²) in [6.45, 7) is 0. The van der Waals surface area contributed by atoms with E-state index in [1.807, 2.05) is 0 Å². The maximum atomic E-state index is 12.8. The maximum absolute atomic E-state index is 12.8. The van der Waals surface area contributed by atoms with Crippen LogP contribution in [0.5, 0.6) is 0 Å². The van der Waals surface area contributed by atoms with Crippen molar-refractivity contribution in [2.75, 3.05) is 0 Å². The van der Waals surface area contributed by atoms with Crippen LogP contribution in [0.25, 0.3) is 0 Å². The molecular formula is C9H8F4N4O2. The van der Waals surface area contributed by atoms with E-state index in [-0.39, 0.29) is 10.7 Å². The highest BCUT2D eigenvalue weighted by Crippen LogP contribution is 2.33. The molecule has 1 aliphatic rings. The number of halogens is 4. The largest absolute Gasteiger partial charge is 0.364 e. The topological polar surface area (TPSA) is 81.6 Å². The summed E-state index contributed by atoms with van der Waals surface area (Å²) < 4.78 is 50.6. The molecule has 1 aromatic heterocycles. The van der Waals surface area contributed by atoms with E-state index in [0.717, 1.165) is 6.07 Å². The number of carbonyl (C=O) groups excluding carboxylic acids is 1. The van der Waals surface area contributed by atoms with Gasteiger partial charge in [-0.3, -0.25) is 9.89 Å². The number of nitrogens with zero attached hydrogens (tertiary/aromatic N) is 3. The highest BCUT2D eigenvalue weighted by Gasteiger charge is 2.53. The van der Waals surface area contributed by atoms with Gasteiger partial charge in [-0.2, -0.15) is 15.2 Å². The number of alkyl halides is 4. The second-order valence-corrected chi connectivity index (χ2v) is 3.84. The maximum Gasteiger partial charge on any atom is 0.294 e. The van der Waals surface area contributed by atoms with E-state index in [0.29, 0.717) is 0 Å². The van der Waals surface area contributed by atoms with Crippen molar-refractivity contribution in [3.63, 3.8) is 0 Å². The molecule has 10 heteroatoms. The normalized spacial score (nSPS) is 23.3. The third-order valence-corrected chi connectivity index (χ3v) is 2.56. The molecule has 0 fully saturated rings. The number of hydrogen-bond donors (Lipinski definition) is 2. The fourth-order valence-electron chi connectivity index (χ4n) is 1.59. The first kappa shape index (κ1) is 13.5. The molecule has 0 aromatic carbocycles. The Morgan fingerprint density at radius 3 is 2.63 bits per heavy atom. The molecule has 0 bridgehead atoms. The molecule has 0 saturated heterocycles. The molecule has 1 aliphatic heterocycles. The lowest BCUT2D eigenvalue weighted by atomic mass is 10.1. The number of H-pyrrole nitrogens is 1. The third-order valence-electron chi connectivity index (χ3n) is 2.56. The highest BCUT2D eigenvalue weighted by atomic mass is 19.3. The fraction of sp³-hybridized carbons (Fsp3) is 0.444. The second-order valence-electron chi connectivity index (χ2n) is 3.84. The fourth-order valence-corrected chi connectivity index (χ4v) is 1.59. The van der Waals surface area contributed by atoms with E-state index in [4.69, 9.17) is 0 Å². The molecule has 2 rings (SSSR count). The summed E-state index contributed by atoms with van der Waals surface area (Å²) in [4.78, 5) is 11.8. The number of hydrazone groups is 1. The van der Waals surface area contributed by atoms with Gasteiger partial charge in [0.05, 0.1) is 0 Å². The molecule has 19 heavy (non-hydrogen) atoms. The number of hydrogen-bond acceptors (Lipinski definition) is 4. The Labute approximate surface area is 103 Å². The average Bonchev–Trinajstić information content (AvgIpc) is 2.95. The number of aromatic nitrogens is 2. The summed E-state index contributed by atoms with van der Waals surface area (Å²) in [5.41, 5.74) is -4.30. The molecule has 104 valence electrons. The van der Waals surface area contributed by atoms with Gasteiger partial charge in [0.25, 0.3) is 18.8 Å². The first-order valence-corrected chi connectivity index (χ1v) is 5.06. The summed E-state index contributed by atoms with van der Waals surface area (Å²) in [5, 5.41) is 18.3. The van der Waals surface area contributed by atoms with Crippen LogP contribution in [0.1, 0.15) is 16.9 Å². The van der Waals surface area contributed by atoms with Crippen LogP contribution in [0.15, 0.2) is 17.4 Å². The minimum atomic E-state index is -3.45. The summed E-state index contributed by atoms with van der Waals surface area (Å²) in [6.07, 6.45) is -6.52. The van der Waals surface area contributed by atoms with Gasteiger partial charge < -0.3 is 5.11 Å². The molecule has 1 aromatic rings. The molecule has 6 nitrogen and oxygen atoms in total. The van der Waals surface area contributed by atoms with E-state index in [2.05, 4.69) is 15.3 Å². The predicted molar refractivity (Wildman–Crippen MR) is 53.8 cm³/mol. The van der Waals surface area contributed by atoms with Crippen LogP contribution in [0.2, 0.25) is 0 Å². The van der Waals surface area contributed by atoms with Crippen molar-refractivity contribution < 1.29 is 27.5 Å². The molecule has 2 heterocycles. The Morgan fingerprint density at radius 1 is 1.47 bits per heavy atom. The summed E-state index contributed by atoms with van der Waals surface area (Å²) >= 11 is 0. The zero-order valence-electron chi connectivity index (χ0n) is 9.23. The average molecular weight is 280 g/mol. The van der Waals surface area contributed by atoms with Gasteiger partial charge in [0.2, 0.25) is 5.72 Å². The van der Waals surface area contributed by atoms with Crippen molar-refractivity contribution in [2.45, 2.75) is 25.0 Å². The van der Waals surface area contributed by atoms with E-state index in [1.165, 1.54) is 6.20 Å². The van der Waals surface area contributed by atoms with Crippen molar-refractivity contribution in [2.24, 2.45) is 5.10 Å². The SMILES string of the molecule is O=C(c1ccn[nH]1)N1N=C(C(F)F)C[C@]1(O)C(F)F. The third kappa shape index (κ3) is 2.18. The van der Waals surface area contributed by atoms with Crippen molar-refractivity contribution in [3.8, 4) is 0 Å². The number of nitrogens with one attached hydrogen (secondary N) is 1. The first-order chi connectivity index (χ1) is 8.86. The number of aliphatic hydroxyl groups is 1. The Hall–Kier alpha value is -1.97. The van der Waals surface area contributed by atoms with Gasteiger partial charge >= 0.3 is 0 Å². The lowest BCUT2D eigenvalue weighted by Gasteiger charge is -2.29. The molecule has 0 saturated carbocycles. The lowest BCUT2D eigenvalue weighted by molar-refractivity contribution is -0.164. The standard InChI is InChI=1S/C9H8F4N4O2/c10-6(11)5-3-9(19,8(12)13)17(16-5)7(18)4-1-2-14-15-4/h1-2,6,8,19H,3H2,(H,14,15)/t9-/m0/s1. The van der Waals surface area contributed by atoms with Crippen LogP contribution in [0, 0.1) is 0 Å². The van der Waals surface area contributed by atoms with E-state index in [9.17, 15) is 27.5 Å². The molecule has 0 aliphatic carbocycles. The van der Waals surface area contributed by atoms with Crippen LogP contribution in [0.4, 0.5) is 17.6 Å². The lowest BCUT2D eigenvalue weighted by Crippen LogP contribution is -2.51. The van der Waals surface area contributed by atoms with Gasteiger partial charge in [0, 0.05) is 12.6 Å². The van der Waals surface area contributed by atoms with Crippen LogP contribution < -0.4 is 0 Å². The van der Waals surface area contributed by atoms with Gasteiger partial charge in [-0.15, -0.1) is 0 Å².